The van der Waals surface area contributed by atoms with Crippen LogP contribution in [0.4, 0.5) is 0 Å². The highest BCUT2D eigenvalue weighted by Gasteiger charge is 2.07. The second-order valence-electron chi connectivity index (χ2n) is 3.07. The van der Waals surface area contributed by atoms with Gasteiger partial charge in [0.2, 0.25) is 0 Å². The number of methoxy groups -OCH3 is 1. The maximum Gasteiger partial charge on any atom is 0.312 e. The van der Waals surface area contributed by atoms with E-state index in [0.29, 0.717) is 5.76 Å². The van der Waals surface area contributed by atoms with Crippen molar-refractivity contribution in [2.75, 3.05) is 7.11 Å². The van der Waals surface area contributed by atoms with Gasteiger partial charge < -0.3 is 9.47 Å². The third-order valence-electron chi connectivity index (χ3n) is 1.61. The first kappa shape index (κ1) is 13.4. The molecule has 0 rings (SSSR count). The molecule has 0 aliphatic heterocycles. The minimum Gasteiger partial charge on any atom is -0.469 e. The lowest BCUT2D eigenvalue weighted by Crippen LogP contribution is -2.09. The first-order valence-electron chi connectivity index (χ1n) is 4.58. The molecule has 0 aliphatic carbocycles. The normalized spacial score (nSPS) is 13.7. The van der Waals surface area contributed by atoms with Crippen molar-refractivity contribution in [2.45, 2.75) is 20.8 Å². The average Bonchev–Trinajstić information content (AvgIpc) is 2.15. The quantitative estimate of drug-likeness (QED) is 0.405. The smallest absolute Gasteiger partial charge is 0.312 e. The van der Waals surface area contributed by atoms with Crippen molar-refractivity contribution < 1.29 is 19.1 Å². The maximum atomic E-state index is 11.0. The molecule has 4 heteroatoms. The minimum atomic E-state index is -0.363. The predicted octanol–water partition coefficient (Wildman–Crippen LogP) is 1.82. The molecule has 84 valence electrons. The summed E-state index contributed by atoms with van der Waals surface area (Å²) in [6.07, 6.45) is 4.93. The highest BCUT2D eigenvalue weighted by molar-refractivity contribution is 5.73. The molecule has 15 heavy (non-hydrogen) atoms. The Morgan fingerprint density at radius 2 is 1.87 bits per heavy atom. The maximum absolute atomic E-state index is 11.0. The monoisotopic (exact) mass is 212 g/mol. The summed E-state index contributed by atoms with van der Waals surface area (Å²) in [5, 5.41) is 0. The van der Waals surface area contributed by atoms with E-state index in [1.165, 1.54) is 14.0 Å². The van der Waals surface area contributed by atoms with Crippen LogP contribution in [-0.2, 0) is 19.1 Å². The Labute approximate surface area is 89.6 Å². The van der Waals surface area contributed by atoms with Crippen LogP contribution in [0.5, 0.6) is 0 Å². The number of allylic oxidation sites excluding steroid dienone is 3. The van der Waals surface area contributed by atoms with Crippen LogP contribution in [0.1, 0.15) is 20.8 Å². The fourth-order valence-corrected chi connectivity index (χ4v) is 0.883. The van der Waals surface area contributed by atoms with Crippen LogP contribution in [0.2, 0.25) is 0 Å². The Balaban J connectivity index is 4.18. The van der Waals surface area contributed by atoms with Crippen molar-refractivity contribution >= 4 is 11.9 Å². The summed E-state index contributed by atoms with van der Waals surface area (Å²) in [6, 6.07) is 0. The van der Waals surface area contributed by atoms with Crippen molar-refractivity contribution in [3.63, 3.8) is 0 Å². The molecule has 0 saturated heterocycles. The van der Waals surface area contributed by atoms with Crippen LogP contribution in [0, 0.1) is 5.92 Å². The molecule has 4 nitrogen and oxygen atoms in total. The number of hydrogen-bond donors (Lipinski definition) is 0. The third-order valence-corrected chi connectivity index (χ3v) is 1.61. The highest BCUT2D eigenvalue weighted by atomic mass is 16.5. The lowest BCUT2D eigenvalue weighted by Gasteiger charge is -2.02. The van der Waals surface area contributed by atoms with E-state index in [9.17, 15) is 9.59 Å². The van der Waals surface area contributed by atoms with Gasteiger partial charge in [0.25, 0.3) is 0 Å². The van der Waals surface area contributed by atoms with E-state index in [2.05, 4.69) is 4.74 Å². The Morgan fingerprint density at radius 3 is 2.33 bits per heavy atom. The van der Waals surface area contributed by atoms with E-state index < -0.39 is 0 Å². The molecule has 0 N–H and O–H groups in total. The molecule has 0 aliphatic rings. The van der Waals surface area contributed by atoms with Gasteiger partial charge in [-0.2, -0.15) is 0 Å². The first-order valence-corrected chi connectivity index (χ1v) is 4.58. The van der Waals surface area contributed by atoms with Gasteiger partial charge in [-0.25, -0.2) is 0 Å². The zero-order valence-corrected chi connectivity index (χ0v) is 9.44. The van der Waals surface area contributed by atoms with Crippen LogP contribution in [0.15, 0.2) is 24.0 Å². The molecular formula is C11H16O4. The minimum absolute atomic E-state index is 0.301. The average molecular weight is 212 g/mol. The predicted molar refractivity (Wildman–Crippen MR) is 55.8 cm³/mol. The standard InChI is InChI=1S/C11H16O4/c1-8(11(13)14-4)6-5-7-9(2)15-10(3)12/h5-8H,1-4H3. The van der Waals surface area contributed by atoms with Gasteiger partial charge in [0.1, 0.15) is 5.76 Å². The van der Waals surface area contributed by atoms with Gasteiger partial charge in [-0.05, 0) is 19.9 Å². The summed E-state index contributed by atoms with van der Waals surface area (Å²) < 4.78 is 9.31. The summed E-state index contributed by atoms with van der Waals surface area (Å²) in [6.45, 7) is 4.71. The van der Waals surface area contributed by atoms with E-state index in [0.717, 1.165) is 0 Å². The van der Waals surface area contributed by atoms with Crippen LogP contribution < -0.4 is 0 Å². The Bertz CT molecular complexity index is 289. The fraction of sp³-hybridized carbons (Fsp3) is 0.455. The van der Waals surface area contributed by atoms with Gasteiger partial charge in [-0.1, -0.05) is 12.2 Å². The number of carbonyl (C=O) groups excluding carboxylic acids is 2. The van der Waals surface area contributed by atoms with Gasteiger partial charge in [-0.3, -0.25) is 9.59 Å². The van der Waals surface area contributed by atoms with E-state index >= 15 is 0 Å². The Morgan fingerprint density at radius 1 is 1.27 bits per heavy atom. The second kappa shape index (κ2) is 6.81. The van der Waals surface area contributed by atoms with Crippen LogP contribution in [-0.4, -0.2) is 19.0 Å². The number of ether oxygens (including phenoxy) is 2. The summed E-state index contributed by atoms with van der Waals surface area (Å²) >= 11 is 0. The Hall–Kier alpha value is -1.58. The van der Waals surface area contributed by atoms with Crippen molar-refractivity contribution in [1.29, 1.82) is 0 Å². The first-order chi connectivity index (χ1) is 6.97. The lowest BCUT2D eigenvalue weighted by molar-refractivity contribution is -0.143. The molecule has 0 fully saturated rings. The molecule has 0 bridgehead atoms. The van der Waals surface area contributed by atoms with Gasteiger partial charge in [0, 0.05) is 6.92 Å². The van der Waals surface area contributed by atoms with Crippen molar-refractivity contribution in [3.05, 3.63) is 24.0 Å². The molecule has 0 spiro atoms. The van der Waals surface area contributed by atoms with E-state index in [1.54, 1.807) is 32.1 Å². The molecule has 0 aromatic heterocycles. The Kier molecular flexibility index (Phi) is 6.09. The van der Waals surface area contributed by atoms with Gasteiger partial charge >= 0.3 is 11.9 Å². The molecule has 0 heterocycles. The van der Waals surface area contributed by atoms with E-state index in [4.69, 9.17) is 4.74 Å². The largest absolute Gasteiger partial charge is 0.469 e. The molecule has 0 amide bonds. The number of esters is 2. The number of hydrogen-bond acceptors (Lipinski definition) is 4. The fourth-order valence-electron chi connectivity index (χ4n) is 0.883. The summed E-state index contributed by atoms with van der Waals surface area (Å²) in [5.74, 6) is -0.491. The van der Waals surface area contributed by atoms with Gasteiger partial charge in [0.05, 0.1) is 13.0 Å². The third kappa shape index (κ3) is 6.49. The summed E-state index contributed by atoms with van der Waals surface area (Å²) in [7, 11) is 1.34. The van der Waals surface area contributed by atoms with Crippen molar-refractivity contribution in [3.8, 4) is 0 Å². The zero-order chi connectivity index (χ0) is 11.8. The summed E-state index contributed by atoms with van der Waals surface area (Å²) in [5.41, 5.74) is 0. The number of rotatable bonds is 4. The van der Waals surface area contributed by atoms with Crippen LogP contribution in [0.3, 0.4) is 0 Å². The topological polar surface area (TPSA) is 52.6 Å². The molecule has 0 aromatic rings. The molecular weight excluding hydrogens is 196 g/mol. The highest BCUT2D eigenvalue weighted by Crippen LogP contribution is 2.02. The SMILES string of the molecule is COC(=O)C(C)C=CC=C(C)OC(C)=O. The van der Waals surface area contributed by atoms with Crippen LogP contribution >= 0.6 is 0 Å². The molecule has 0 aromatic carbocycles. The second-order valence-corrected chi connectivity index (χ2v) is 3.07. The van der Waals surface area contributed by atoms with Gasteiger partial charge in [0.15, 0.2) is 0 Å². The van der Waals surface area contributed by atoms with Crippen LogP contribution in [0.25, 0.3) is 0 Å². The van der Waals surface area contributed by atoms with E-state index in [-0.39, 0.29) is 17.9 Å². The molecule has 0 radical (unpaired) electrons. The molecule has 1 atom stereocenters. The van der Waals surface area contributed by atoms with E-state index in [1.807, 2.05) is 0 Å². The number of carbonyl (C=O) groups is 2. The molecule has 1 unspecified atom stereocenters. The summed E-state index contributed by atoms with van der Waals surface area (Å²) in [4.78, 5) is 21.5. The van der Waals surface area contributed by atoms with Crippen molar-refractivity contribution in [1.82, 2.24) is 0 Å². The molecule has 0 saturated carbocycles. The van der Waals surface area contributed by atoms with Gasteiger partial charge in [-0.15, -0.1) is 0 Å². The zero-order valence-electron chi connectivity index (χ0n) is 9.44. The van der Waals surface area contributed by atoms with Crippen molar-refractivity contribution in [2.24, 2.45) is 5.92 Å². The lowest BCUT2D eigenvalue weighted by atomic mass is 10.1.